The Bertz CT molecular complexity index is 1860. The van der Waals surface area contributed by atoms with Gasteiger partial charge in [-0.2, -0.15) is 13.5 Å². The van der Waals surface area contributed by atoms with Crippen molar-refractivity contribution in [3.63, 3.8) is 0 Å². The number of anilines is 2. The predicted molar refractivity (Wildman–Crippen MR) is 156 cm³/mol. The van der Waals surface area contributed by atoms with Gasteiger partial charge in [0.25, 0.3) is 15.7 Å². The van der Waals surface area contributed by atoms with E-state index in [9.17, 15) is 22.7 Å². The Morgan fingerprint density at radius 3 is 2.38 bits per heavy atom. The van der Waals surface area contributed by atoms with E-state index in [0.29, 0.717) is 28.6 Å². The number of aliphatic hydroxyl groups excluding tert-OH is 1. The number of pyridine rings is 1. The van der Waals surface area contributed by atoms with Gasteiger partial charge in [-0.05, 0) is 48.9 Å². The highest BCUT2D eigenvalue weighted by molar-refractivity contribution is 7.85. The zero-order valence-electron chi connectivity index (χ0n) is 22.4. The topological polar surface area (TPSA) is 152 Å². The van der Waals surface area contributed by atoms with E-state index < -0.39 is 22.0 Å². The maximum atomic E-state index is 13.8. The van der Waals surface area contributed by atoms with Gasteiger partial charge in [0, 0.05) is 37.1 Å². The Balaban J connectivity index is 0.000000310. The minimum absolute atomic E-state index is 0.0255. The normalized spacial score (nSPS) is 11.9. The molecule has 0 fully saturated rings. The number of halogens is 2. The summed E-state index contributed by atoms with van der Waals surface area (Å²) in [6.07, 6.45) is 4.77. The number of rotatable bonds is 7. The van der Waals surface area contributed by atoms with Crippen molar-refractivity contribution < 1.29 is 22.5 Å². The van der Waals surface area contributed by atoms with Gasteiger partial charge in [-0.15, -0.1) is 0 Å². The maximum Gasteiger partial charge on any atom is 0.294 e. The van der Waals surface area contributed by atoms with E-state index in [4.69, 9.17) is 16.2 Å². The molecule has 218 valence electrons. The van der Waals surface area contributed by atoms with E-state index >= 15 is 0 Å². The van der Waals surface area contributed by atoms with Crippen LogP contribution in [-0.2, 0) is 17.2 Å². The number of hydrogen-bond donors (Lipinski definition) is 3. The molecule has 0 aliphatic rings. The number of nitrogens with one attached hydrogen (secondary N) is 1. The molecule has 3 aromatic heterocycles. The number of aryl methyl sites for hydroxylation is 2. The standard InChI is InChI=1S/C21H18ClFN6O2.C7H8O3S/c1-28-19(5-8-25-28)27-21-24-7-4-17(26-21)13-6-9-29(20(31)11-13)18(12-30)14-2-3-15(22)16(23)10-14;1-6-2-4-7(5-3-6)11(8,9)10/h2-11,18,30H,12H2,1H3,(H,24,26,27);2-5H,1H3,(H,8,9,10). The Hall–Kier alpha value is -4.43. The minimum atomic E-state index is -4.02. The second-order valence-electron chi connectivity index (χ2n) is 9.05. The zero-order chi connectivity index (χ0) is 30.4. The van der Waals surface area contributed by atoms with Crippen LogP contribution in [0, 0.1) is 12.7 Å². The van der Waals surface area contributed by atoms with Gasteiger partial charge in [0.05, 0.1) is 34.5 Å². The molecule has 3 N–H and O–H groups in total. The van der Waals surface area contributed by atoms with Gasteiger partial charge in [0.15, 0.2) is 0 Å². The molecular weight excluding hydrogens is 587 g/mol. The lowest BCUT2D eigenvalue weighted by atomic mass is 10.1. The average molecular weight is 613 g/mol. The first-order chi connectivity index (χ1) is 20.0. The van der Waals surface area contributed by atoms with Gasteiger partial charge in [-0.3, -0.25) is 14.0 Å². The SMILES string of the molecule is Cc1ccc(S(=O)(=O)O)cc1.Cn1nccc1Nc1nccc(-c2ccn(C(CO)c3ccc(Cl)c(F)c3)c(=O)c2)n1. The van der Waals surface area contributed by atoms with Gasteiger partial charge < -0.3 is 15.0 Å². The zero-order valence-corrected chi connectivity index (χ0v) is 24.0. The lowest BCUT2D eigenvalue weighted by Gasteiger charge is -2.18. The summed E-state index contributed by atoms with van der Waals surface area (Å²) in [5.74, 6) is 0.459. The first-order valence-corrected chi connectivity index (χ1v) is 14.2. The molecule has 1 unspecified atom stereocenters. The van der Waals surface area contributed by atoms with Crippen LogP contribution in [0.5, 0.6) is 0 Å². The third-order valence-electron chi connectivity index (χ3n) is 6.12. The molecule has 0 bridgehead atoms. The van der Waals surface area contributed by atoms with E-state index in [2.05, 4.69) is 20.4 Å². The molecule has 5 aromatic rings. The van der Waals surface area contributed by atoms with E-state index in [1.165, 1.54) is 34.9 Å². The van der Waals surface area contributed by atoms with Gasteiger partial charge in [-0.1, -0.05) is 35.4 Å². The van der Waals surface area contributed by atoms with Crippen LogP contribution >= 0.6 is 11.6 Å². The second-order valence-corrected chi connectivity index (χ2v) is 10.9. The van der Waals surface area contributed by atoms with E-state index in [1.54, 1.807) is 66.7 Å². The van der Waals surface area contributed by atoms with E-state index in [0.717, 1.165) is 5.56 Å². The van der Waals surface area contributed by atoms with Crippen molar-refractivity contribution in [3.8, 4) is 11.3 Å². The molecule has 5 rings (SSSR count). The van der Waals surface area contributed by atoms with Crippen molar-refractivity contribution in [2.45, 2.75) is 17.9 Å². The fraction of sp³-hybridized carbons (Fsp3) is 0.143. The van der Waals surface area contributed by atoms with Crippen molar-refractivity contribution in [2.75, 3.05) is 11.9 Å². The molecule has 1 atom stereocenters. The predicted octanol–water partition coefficient (Wildman–Crippen LogP) is 4.40. The van der Waals surface area contributed by atoms with Crippen LogP contribution in [0.25, 0.3) is 11.3 Å². The highest BCUT2D eigenvalue weighted by atomic mass is 35.5. The van der Waals surface area contributed by atoms with Crippen LogP contribution in [0.1, 0.15) is 17.2 Å². The molecule has 42 heavy (non-hydrogen) atoms. The number of benzene rings is 2. The number of aliphatic hydroxyl groups is 1. The van der Waals surface area contributed by atoms with Crippen LogP contribution in [0.3, 0.4) is 0 Å². The van der Waals surface area contributed by atoms with Crippen LogP contribution in [0.2, 0.25) is 5.02 Å². The quantitative estimate of drug-likeness (QED) is 0.227. The second kappa shape index (κ2) is 13.0. The van der Waals surface area contributed by atoms with Gasteiger partial charge in [0.2, 0.25) is 5.95 Å². The summed E-state index contributed by atoms with van der Waals surface area (Å²) >= 11 is 5.73. The Morgan fingerprint density at radius 2 is 1.79 bits per heavy atom. The van der Waals surface area contributed by atoms with Crippen LogP contribution in [0.4, 0.5) is 16.2 Å². The molecule has 3 heterocycles. The fourth-order valence-corrected chi connectivity index (χ4v) is 4.48. The monoisotopic (exact) mass is 612 g/mol. The minimum Gasteiger partial charge on any atom is -0.394 e. The molecule has 0 amide bonds. The smallest absolute Gasteiger partial charge is 0.294 e. The Morgan fingerprint density at radius 1 is 1.05 bits per heavy atom. The first-order valence-electron chi connectivity index (χ1n) is 12.4. The maximum absolute atomic E-state index is 13.8. The molecule has 0 spiro atoms. The molecule has 0 aliphatic heterocycles. The molecule has 14 heteroatoms. The molecule has 0 saturated heterocycles. The molecule has 2 aromatic carbocycles. The highest BCUT2D eigenvalue weighted by Crippen LogP contribution is 2.24. The molecule has 11 nitrogen and oxygen atoms in total. The van der Waals surface area contributed by atoms with Crippen molar-refractivity contribution >= 4 is 33.5 Å². The van der Waals surface area contributed by atoms with Crippen LogP contribution < -0.4 is 10.9 Å². The average Bonchev–Trinajstić information content (AvgIpc) is 3.36. The number of nitrogens with zero attached hydrogens (tertiary/aromatic N) is 5. The summed E-state index contributed by atoms with van der Waals surface area (Å²) in [6.45, 7) is 1.46. The Labute approximate surface area is 245 Å². The van der Waals surface area contributed by atoms with Crippen LogP contribution in [0.15, 0.2) is 95.0 Å². The van der Waals surface area contributed by atoms with Gasteiger partial charge >= 0.3 is 0 Å². The largest absolute Gasteiger partial charge is 0.394 e. The molecule has 0 radical (unpaired) electrons. The Kier molecular flexibility index (Phi) is 9.48. The van der Waals surface area contributed by atoms with Crippen molar-refractivity contribution in [1.29, 1.82) is 0 Å². The van der Waals surface area contributed by atoms with Crippen molar-refractivity contribution in [3.05, 3.63) is 118 Å². The lowest BCUT2D eigenvalue weighted by molar-refractivity contribution is 0.247. The van der Waals surface area contributed by atoms with Crippen LogP contribution in [-0.4, -0.2) is 49.0 Å². The summed E-state index contributed by atoms with van der Waals surface area (Å²) in [5.41, 5.74) is 2.14. The fourth-order valence-electron chi connectivity index (χ4n) is 3.88. The van der Waals surface area contributed by atoms with Gasteiger partial charge in [0.1, 0.15) is 11.6 Å². The van der Waals surface area contributed by atoms with E-state index in [-0.39, 0.29) is 22.1 Å². The summed E-state index contributed by atoms with van der Waals surface area (Å²) in [5, 5.41) is 16.9. The lowest BCUT2D eigenvalue weighted by Crippen LogP contribution is -2.27. The molecule has 0 aliphatic carbocycles. The highest BCUT2D eigenvalue weighted by Gasteiger charge is 2.17. The number of aromatic nitrogens is 5. The number of hydrogen-bond acceptors (Lipinski definition) is 8. The first kappa shape index (κ1) is 30.5. The van der Waals surface area contributed by atoms with Gasteiger partial charge in [-0.25, -0.2) is 14.4 Å². The van der Waals surface area contributed by atoms with Crippen molar-refractivity contribution in [2.24, 2.45) is 7.05 Å². The third-order valence-corrected chi connectivity index (χ3v) is 7.29. The molecule has 0 saturated carbocycles. The summed E-state index contributed by atoms with van der Waals surface area (Å²) in [7, 11) is -2.23. The summed E-state index contributed by atoms with van der Waals surface area (Å²) in [6, 6.07) is 16.0. The summed E-state index contributed by atoms with van der Waals surface area (Å²) in [4.78, 5) is 21.4. The summed E-state index contributed by atoms with van der Waals surface area (Å²) < 4.78 is 46.4. The third kappa shape index (κ3) is 7.44. The molecular formula is C28H26ClFN6O5S. The van der Waals surface area contributed by atoms with E-state index in [1.807, 2.05) is 6.92 Å². The van der Waals surface area contributed by atoms with Crippen molar-refractivity contribution in [1.82, 2.24) is 24.3 Å².